The summed E-state index contributed by atoms with van der Waals surface area (Å²) >= 11 is 0. The SMILES string of the molecule is COc1ccc(CNC(=O)c2cc(OCc3ccc(C)cc3)nc3ccccc23)cc1OC. The zero-order chi connectivity index (χ0) is 23.2. The van der Waals surface area contributed by atoms with Crippen molar-refractivity contribution in [2.45, 2.75) is 20.1 Å². The number of nitrogens with one attached hydrogen (secondary N) is 1. The van der Waals surface area contributed by atoms with E-state index in [2.05, 4.69) is 10.3 Å². The van der Waals surface area contributed by atoms with Gasteiger partial charge in [-0.1, -0.05) is 54.1 Å². The van der Waals surface area contributed by atoms with Gasteiger partial charge in [-0.25, -0.2) is 4.98 Å². The second-order valence-electron chi connectivity index (χ2n) is 7.67. The van der Waals surface area contributed by atoms with E-state index in [1.165, 1.54) is 5.56 Å². The number of methoxy groups -OCH3 is 2. The van der Waals surface area contributed by atoms with Crippen LogP contribution in [-0.4, -0.2) is 25.1 Å². The first-order chi connectivity index (χ1) is 16.1. The molecule has 0 aliphatic heterocycles. The molecule has 0 aliphatic rings. The van der Waals surface area contributed by atoms with Crippen LogP contribution in [0.1, 0.15) is 27.0 Å². The van der Waals surface area contributed by atoms with Crippen molar-refractivity contribution in [2.75, 3.05) is 14.2 Å². The number of aryl methyl sites for hydroxylation is 1. The number of pyridine rings is 1. The lowest BCUT2D eigenvalue weighted by molar-refractivity contribution is 0.0952. The van der Waals surface area contributed by atoms with Crippen molar-refractivity contribution < 1.29 is 19.0 Å². The van der Waals surface area contributed by atoms with E-state index < -0.39 is 0 Å². The maximum absolute atomic E-state index is 13.1. The number of para-hydroxylation sites is 1. The van der Waals surface area contributed by atoms with Crippen molar-refractivity contribution in [3.8, 4) is 17.4 Å². The normalized spacial score (nSPS) is 10.6. The third kappa shape index (κ3) is 5.23. The van der Waals surface area contributed by atoms with Crippen LogP contribution in [0.2, 0.25) is 0 Å². The molecule has 3 aromatic carbocycles. The van der Waals surface area contributed by atoms with E-state index in [4.69, 9.17) is 14.2 Å². The van der Waals surface area contributed by atoms with Crippen LogP contribution in [0.4, 0.5) is 0 Å². The molecule has 0 saturated heterocycles. The second-order valence-corrected chi connectivity index (χ2v) is 7.67. The summed E-state index contributed by atoms with van der Waals surface area (Å²) in [6, 6.07) is 22.9. The van der Waals surface area contributed by atoms with Gasteiger partial charge in [0.25, 0.3) is 5.91 Å². The highest BCUT2D eigenvalue weighted by Gasteiger charge is 2.14. The van der Waals surface area contributed by atoms with Crippen molar-refractivity contribution in [1.29, 1.82) is 0 Å². The molecule has 168 valence electrons. The lowest BCUT2D eigenvalue weighted by atomic mass is 10.1. The molecule has 33 heavy (non-hydrogen) atoms. The van der Waals surface area contributed by atoms with E-state index in [1.807, 2.05) is 73.7 Å². The summed E-state index contributed by atoms with van der Waals surface area (Å²) in [6.45, 7) is 2.76. The Bertz CT molecular complexity index is 1270. The molecule has 6 nitrogen and oxygen atoms in total. The molecular formula is C27H26N2O4. The summed E-state index contributed by atoms with van der Waals surface area (Å²) in [7, 11) is 3.17. The predicted molar refractivity (Wildman–Crippen MR) is 128 cm³/mol. The average Bonchev–Trinajstić information content (AvgIpc) is 2.86. The van der Waals surface area contributed by atoms with E-state index in [0.717, 1.165) is 16.5 Å². The van der Waals surface area contributed by atoms with Gasteiger partial charge < -0.3 is 19.5 Å². The number of benzene rings is 3. The Kier molecular flexibility index (Phi) is 6.74. The molecule has 0 radical (unpaired) electrons. The van der Waals surface area contributed by atoms with Crippen LogP contribution in [0.25, 0.3) is 10.9 Å². The van der Waals surface area contributed by atoms with E-state index >= 15 is 0 Å². The lowest BCUT2D eigenvalue weighted by Gasteiger charge is -2.13. The summed E-state index contributed by atoms with van der Waals surface area (Å²) in [5.74, 6) is 1.46. The number of carbonyl (C=O) groups excluding carboxylic acids is 1. The fourth-order valence-electron chi connectivity index (χ4n) is 3.52. The second kappa shape index (κ2) is 10.0. The maximum Gasteiger partial charge on any atom is 0.252 e. The van der Waals surface area contributed by atoms with Gasteiger partial charge in [-0.3, -0.25) is 4.79 Å². The zero-order valence-electron chi connectivity index (χ0n) is 18.9. The molecule has 0 fully saturated rings. The molecule has 0 spiro atoms. The maximum atomic E-state index is 13.1. The van der Waals surface area contributed by atoms with Crippen LogP contribution in [0.15, 0.2) is 72.8 Å². The average molecular weight is 443 g/mol. The Balaban J connectivity index is 1.54. The molecule has 0 bridgehead atoms. The largest absolute Gasteiger partial charge is 0.493 e. The van der Waals surface area contributed by atoms with Crippen molar-refractivity contribution in [3.05, 3.63) is 95.1 Å². The topological polar surface area (TPSA) is 69.7 Å². The molecule has 1 N–H and O–H groups in total. The quantitative estimate of drug-likeness (QED) is 0.413. The van der Waals surface area contributed by atoms with E-state index in [-0.39, 0.29) is 5.91 Å². The smallest absolute Gasteiger partial charge is 0.252 e. The highest BCUT2D eigenvalue weighted by atomic mass is 16.5. The van der Waals surface area contributed by atoms with Crippen LogP contribution >= 0.6 is 0 Å². The van der Waals surface area contributed by atoms with Gasteiger partial charge >= 0.3 is 0 Å². The minimum Gasteiger partial charge on any atom is -0.493 e. The third-order valence-electron chi connectivity index (χ3n) is 5.35. The first-order valence-electron chi connectivity index (χ1n) is 10.6. The summed E-state index contributed by atoms with van der Waals surface area (Å²) in [4.78, 5) is 17.7. The number of ether oxygens (including phenoxy) is 3. The molecule has 0 aliphatic carbocycles. The summed E-state index contributed by atoms with van der Waals surface area (Å²) in [5.41, 5.74) is 4.34. The highest BCUT2D eigenvalue weighted by molar-refractivity contribution is 6.06. The van der Waals surface area contributed by atoms with Gasteiger partial charge in [0.15, 0.2) is 11.5 Å². The van der Waals surface area contributed by atoms with Crippen LogP contribution in [0.3, 0.4) is 0 Å². The number of hydrogen-bond acceptors (Lipinski definition) is 5. The van der Waals surface area contributed by atoms with Crippen molar-refractivity contribution in [3.63, 3.8) is 0 Å². The van der Waals surface area contributed by atoms with Crippen LogP contribution < -0.4 is 19.5 Å². The monoisotopic (exact) mass is 442 g/mol. The third-order valence-corrected chi connectivity index (χ3v) is 5.35. The molecule has 0 saturated carbocycles. The minimum absolute atomic E-state index is 0.205. The predicted octanol–water partition coefficient (Wildman–Crippen LogP) is 5.07. The summed E-state index contributed by atoms with van der Waals surface area (Å²) in [5, 5.41) is 3.75. The summed E-state index contributed by atoms with van der Waals surface area (Å²) < 4.78 is 16.6. The molecule has 1 aromatic heterocycles. The van der Waals surface area contributed by atoms with Crippen molar-refractivity contribution in [2.24, 2.45) is 0 Å². The van der Waals surface area contributed by atoms with Gasteiger partial charge in [-0.15, -0.1) is 0 Å². The molecule has 0 atom stereocenters. The number of rotatable bonds is 8. The van der Waals surface area contributed by atoms with Gasteiger partial charge in [0.05, 0.1) is 25.3 Å². The Morgan fingerprint density at radius 3 is 2.36 bits per heavy atom. The molecule has 1 heterocycles. The first kappa shape index (κ1) is 22.1. The van der Waals surface area contributed by atoms with Crippen LogP contribution in [-0.2, 0) is 13.2 Å². The number of aromatic nitrogens is 1. The van der Waals surface area contributed by atoms with Gasteiger partial charge in [-0.05, 0) is 36.2 Å². The van der Waals surface area contributed by atoms with E-state index in [0.29, 0.717) is 41.6 Å². The van der Waals surface area contributed by atoms with Crippen molar-refractivity contribution in [1.82, 2.24) is 10.3 Å². The number of amides is 1. The molecule has 1 amide bonds. The number of fused-ring (bicyclic) bond motifs is 1. The molecular weight excluding hydrogens is 416 g/mol. The fourth-order valence-corrected chi connectivity index (χ4v) is 3.52. The Morgan fingerprint density at radius 2 is 1.61 bits per heavy atom. The van der Waals surface area contributed by atoms with Gasteiger partial charge in [0, 0.05) is 18.0 Å². The first-order valence-corrected chi connectivity index (χ1v) is 10.6. The standard InChI is InChI=1S/C27H26N2O4/c1-18-8-10-19(11-9-18)17-33-26-15-22(21-6-4-5-7-23(21)29-26)27(30)28-16-20-12-13-24(31-2)25(14-20)32-3/h4-15H,16-17H2,1-3H3,(H,28,30). The van der Waals surface area contributed by atoms with Crippen LogP contribution in [0.5, 0.6) is 17.4 Å². The number of nitrogens with zero attached hydrogens (tertiary/aromatic N) is 1. The fraction of sp³-hybridized carbons (Fsp3) is 0.185. The minimum atomic E-state index is -0.205. The Hall–Kier alpha value is -4.06. The van der Waals surface area contributed by atoms with Crippen LogP contribution in [0, 0.1) is 6.92 Å². The molecule has 0 unspecified atom stereocenters. The van der Waals surface area contributed by atoms with Gasteiger partial charge in [-0.2, -0.15) is 0 Å². The number of hydrogen-bond donors (Lipinski definition) is 1. The zero-order valence-corrected chi connectivity index (χ0v) is 18.9. The lowest BCUT2D eigenvalue weighted by Crippen LogP contribution is -2.23. The summed E-state index contributed by atoms with van der Waals surface area (Å²) in [6.07, 6.45) is 0. The van der Waals surface area contributed by atoms with E-state index in [1.54, 1.807) is 20.3 Å². The highest BCUT2D eigenvalue weighted by Crippen LogP contribution is 2.28. The number of carbonyl (C=O) groups is 1. The molecule has 6 heteroatoms. The van der Waals surface area contributed by atoms with Gasteiger partial charge in [0.1, 0.15) is 6.61 Å². The van der Waals surface area contributed by atoms with Gasteiger partial charge in [0.2, 0.25) is 5.88 Å². The Morgan fingerprint density at radius 1 is 0.879 bits per heavy atom. The van der Waals surface area contributed by atoms with Crippen molar-refractivity contribution >= 4 is 16.8 Å². The molecule has 4 aromatic rings. The Labute approximate surface area is 193 Å². The van der Waals surface area contributed by atoms with E-state index in [9.17, 15) is 4.79 Å². The molecule has 4 rings (SSSR count).